The molecule has 0 aliphatic rings. The Kier molecular flexibility index (Phi) is 7.67. The summed E-state index contributed by atoms with van der Waals surface area (Å²) >= 11 is 0. The largest absolute Gasteiger partial charge is 0.481 e. The van der Waals surface area contributed by atoms with Crippen molar-refractivity contribution in [1.82, 2.24) is 5.32 Å². The number of hydrogen-bond acceptors (Lipinski definition) is 3. The van der Waals surface area contributed by atoms with Crippen LogP contribution in [0.4, 0.5) is 5.69 Å². The Labute approximate surface area is 129 Å². The minimum Gasteiger partial charge on any atom is -0.481 e. The van der Waals surface area contributed by atoms with Crippen LogP contribution in [0.15, 0.2) is 24.3 Å². The molecule has 3 N–H and O–H groups in total. The second-order valence-electron chi connectivity index (χ2n) is 4.94. The van der Waals surface area contributed by atoms with Crippen LogP contribution in [-0.4, -0.2) is 29.4 Å². The minimum absolute atomic E-state index is 0.101. The minimum atomic E-state index is -0.796. The van der Waals surface area contributed by atoms with Crippen LogP contribution in [0.25, 0.3) is 0 Å². The number of hydrogen-bond donors (Lipinski definition) is 3. The predicted molar refractivity (Wildman–Crippen MR) is 83.8 cm³/mol. The number of benzene rings is 1. The monoisotopic (exact) mass is 306 g/mol. The summed E-state index contributed by atoms with van der Waals surface area (Å²) < 4.78 is 0. The van der Waals surface area contributed by atoms with Gasteiger partial charge in [0.15, 0.2) is 0 Å². The number of nitrogens with one attached hydrogen (secondary N) is 2. The SMILES string of the molecule is CCC(=O)Nc1cccc(C(=O)NCCCCCC(=O)O)c1. The van der Waals surface area contributed by atoms with Crippen LogP contribution >= 0.6 is 0 Å². The molecule has 0 aromatic heterocycles. The number of carboxylic acid groups (broad SMARTS) is 1. The molecule has 1 aromatic carbocycles. The van der Waals surface area contributed by atoms with E-state index in [-0.39, 0.29) is 18.2 Å². The number of aliphatic carboxylic acids is 1. The Hall–Kier alpha value is -2.37. The molecule has 1 aromatic rings. The zero-order valence-electron chi connectivity index (χ0n) is 12.7. The van der Waals surface area contributed by atoms with Crippen molar-refractivity contribution in [2.75, 3.05) is 11.9 Å². The van der Waals surface area contributed by atoms with Gasteiger partial charge in [0.2, 0.25) is 5.91 Å². The summed E-state index contributed by atoms with van der Waals surface area (Å²) in [5, 5.41) is 14.0. The molecule has 0 saturated heterocycles. The fourth-order valence-electron chi connectivity index (χ4n) is 1.87. The quantitative estimate of drug-likeness (QED) is 0.610. The Bertz CT molecular complexity index is 529. The van der Waals surface area contributed by atoms with Gasteiger partial charge in [0.05, 0.1) is 0 Å². The number of unbranched alkanes of at least 4 members (excludes halogenated alkanes) is 2. The lowest BCUT2D eigenvalue weighted by Crippen LogP contribution is -2.24. The first-order valence-electron chi connectivity index (χ1n) is 7.43. The summed E-state index contributed by atoms with van der Waals surface area (Å²) in [5.74, 6) is -1.10. The molecule has 0 atom stereocenters. The lowest BCUT2D eigenvalue weighted by Gasteiger charge is -2.08. The number of amides is 2. The van der Waals surface area contributed by atoms with Crippen molar-refractivity contribution in [3.05, 3.63) is 29.8 Å². The molecule has 0 heterocycles. The van der Waals surface area contributed by atoms with Gasteiger partial charge in [-0.2, -0.15) is 0 Å². The topological polar surface area (TPSA) is 95.5 Å². The number of carbonyl (C=O) groups is 3. The normalized spacial score (nSPS) is 10.0. The van der Waals surface area contributed by atoms with E-state index in [0.29, 0.717) is 30.6 Å². The molecule has 0 aliphatic carbocycles. The van der Waals surface area contributed by atoms with Gasteiger partial charge in [-0.25, -0.2) is 0 Å². The van der Waals surface area contributed by atoms with Gasteiger partial charge in [-0.15, -0.1) is 0 Å². The summed E-state index contributed by atoms with van der Waals surface area (Å²) in [6.07, 6.45) is 2.66. The van der Waals surface area contributed by atoms with Crippen molar-refractivity contribution < 1.29 is 19.5 Å². The summed E-state index contributed by atoms with van der Waals surface area (Å²) in [4.78, 5) is 33.7. The first-order valence-corrected chi connectivity index (χ1v) is 7.43. The average Bonchev–Trinajstić information content (AvgIpc) is 2.50. The third-order valence-electron chi connectivity index (χ3n) is 3.08. The summed E-state index contributed by atoms with van der Waals surface area (Å²) in [7, 11) is 0. The van der Waals surface area contributed by atoms with E-state index in [4.69, 9.17) is 5.11 Å². The maximum absolute atomic E-state index is 12.0. The van der Waals surface area contributed by atoms with E-state index in [1.54, 1.807) is 31.2 Å². The van der Waals surface area contributed by atoms with Crippen LogP contribution in [-0.2, 0) is 9.59 Å². The molecule has 0 saturated carbocycles. The Balaban J connectivity index is 2.37. The van der Waals surface area contributed by atoms with Crippen LogP contribution < -0.4 is 10.6 Å². The fraction of sp³-hybridized carbons (Fsp3) is 0.438. The van der Waals surface area contributed by atoms with Crippen molar-refractivity contribution >= 4 is 23.5 Å². The van der Waals surface area contributed by atoms with Crippen LogP contribution in [0.2, 0.25) is 0 Å². The highest BCUT2D eigenvalue weighted by Crippen LogP contribution is 2.11. The lowest BCUT2D eigenvalue weighted by atomic mass is 10.1. The molecule has 0 spiro atoms. The van der Waals surface area contributed by atoms with Crippen molar-refractivity contribution in [2.24, 2.45) is 0 Å². The van der Waals surface area contributed by atoms with Crippen molar-refractivity contribution in [3.8, 4) is 0 Å². The van der Waals surface area contributed by atoms with E-state index in [1.165, 1.54) is 0 Å². The lowest BCUT2D eigenvalue weighted by molar-refractivity contribution is -0.137. The number of carbonyl (C=O) groups excluding carboxylic acids is 2. The van der Waals surface area contributed by atoms with Crippen LogP contribution in [0.5, 0.6) is 0 Å². The van der Waals surface area contributed by atoms with Gasteiger partial charge in [0.1, 0.15) is 0 Å². The molecule has 0 aliphatic heterocycles. The fourth-order valence-corrected chi connectivity index (χ4v) is 1.87. The molecule has 0 bridgehead atoms. The molecule has 0 radical (unpaired) electrons. The highest BCUT2D eigenvalue weighted by molar-refractivity contribution is 5.97. The Morgan fingerprint density at radius 3 is 2.59 bits per heavy atom. The standard InChI is InChI=1S/C16H22N2O4/c1-2-14(19)18-13-8-6-7-12(11-13)16(22)17-10-5-3-4-9-15(20)21/h6-8,11H,2-5,9-10H2,1H3,(H,17,22)(H,18,19)(H,20,21). The van der Waals surface area contributed by atoms with Gasteiger partial charge < -0.3 is 15.7 Å². The van der Waals surface area contributed by atoms with E-state index in [0.717, 1.165) is 12.8 Å². The van der Waals surface area contributed by atoms with Crippen molar-refractivity contribution in [3.63, 3.8) is 0 Å². The molecule has 6 heteroatoms. The molecular weight excluding hydrogens is 284 g/mol. The van der Waals surface area contributed by atoms with Gasteiger partial charge >= 0.3 is 5.97 Å². The van der Waals surface area contributed by atoms with E-state index < -0.39 is 5.97 Å². The average molecular weight is 306 g/mol. The van der Waals surface area contributed by atoms with Crippen LogP contribution in [0.1, 0.15) is 49.4 Å². The predicted octanol–water partition coefficient (Wildman–Crippen LogP) is 2.41. The molecule has 2 amide bonds. The highest BCUT2D eigenvalue weighted by Gasteiger charge is 2.07. The van der Waals surface area contributed by atoms with Crippen LogP contribution in [0.3, 0.4) is 0 Å². The molecular formula is C16H22N2O4. The van der Waals surface area contributed by atoms with Gasteiger partial charge in [0.25, 0.3) is 5.91 Å². The second kappa shape index (κ2) is 9.55. The zero-order valence-corrected chi connectivity index (χ0v) is 12.7. The van der Waals surface area contributed by atoms with Crippen molar-refractivity contribution in [1.29, 1.82) is 0 Å². The van der Waals surface area contributed by atoms with Gasteiger partial charge in [0, 0.05) is 30.6 Å². The molecule has 0 fully saturated rings. The third-order valence-corrected chi connectivity index (χ3v) is 3.08. The molecule has 1 rings (SSSR count). The first-order chi connectivity index (χ1) is 10.5. The Morgan fingerprint density at radius 1 is 1.14 bits per heavy atom. The second-order valence-corrected chi connectivity index (χ2v) is 4.94. The maximum atomic E-state index is 12.0. The Morgan fingerprint density at radius 2 is 1.91 bits per heavy atom. The van der Waals surface area contributed by atoms with Crippen molar-refractivity contribution in [2.45, 2.75) is 39.0 Å². The zero-order chi connectivity index (χ0) is 16.4. The molecule has 6 nitrogen and oxygen atoms in total. The highest BCUT2D eigenvalue weighted by atomic mass is 16.4. The number of anilines is 1. The third kappa shape index (κ3) is 6.88. The van der Waals surface area contributed by atoms with E-state index in [1.807, 2.05) is 0 Å². The molecule has 0 unspecified atom stereocenters. The summed E-state index contributed by atoms with van der Waals surface area (Å²) in [5.41, 5.74) is 1.08. The maximum Gasteiger partial charge on any atom is 0.303 e. The molecule has 120 valence electrons. The van der Waals surface area contributed by atoms with Gasteiger partial charge in [-0.1, -0.05) is 19.4 Å². The van der Waals surface area contributed by atoms with Crippen LogP contribution in [0, 0.1) is 0 Å². The van der Waals surface area contributed by atoms with E-state index >= 15 is 0 Å². The molecule has 22 heavy (non-hydrogen) atoms. The first kappa shape index (κ1) is 17.7. The number of rotatable bonds is 9. The van der Waals surface area contributed by atoms with Gasteiger partial charge in [-0.05, 0) is 31.0 Å². The van der Waals surface area contributed by atoms with E-state index in [9.17, 15) is 14.4 Å². The van der Waals surface area contributed by atoms with E-state index in [2.05, 4.69) is 10.6 Å². The summed E-state index contributed by atoms with van der Waals surface area (Å²) in [6, 6.07) is 6.76. The smallest absolute Gasteiger partial charge is 0.303 e. The number of carboxylic acids is 1. The summed E-state index contributed by atoms with van der Waals surface area (Å²) in [6.45, 7) is 2.26. The van der Waals surface area contributed by atoms with Gasteiger partial charge in [-0.3, -0.25) is 14.4 Å².